The highest BCUT2D eigenvalue weighted by Crippen LogP contribution is 2.31. The Morgan fingerprint density at radius 1 is 1.32 bits per heavy atom. The van der Waals surface area contributed by atoms with Gasteiger partial charge in [-0.25, -0.2) is 0 Å². The first-order valence-electron chi connectivity index (χ1n) is 9.97. The summed E-state index contributed by atoms with van der Waals surface area (Å²) >= 11 is 2.97. The van der Waals surface area contributed by atoms with Gasteiger partial charge in [0.25, 0.3) is 0 Å². The fourth-order valence-corrected chi connectivity index (χ4v) is 4.87. The number of thioether (sulfide) groups is 1. The molecule has 31 heavy (non-hydrogen) atoms. The van der Waals surface area contributed by atoms with Crippen molar-refractivity contribution in [1.29, 1.82) is 0 Å². The van der Waals surface area contributed by atoms with Gasteiger partial charge in [-0.3, -0.25) is 14.2 Å². The molecule has 1 aliphatic heterocycles. The third-order valence-corrected chi connectivity index (χ3v) is 6.90. The van der Waals surface area contributed by atoms with Crippen LogP contribution in [-0.4, -0.2) is 44.5 Å². The third-order valence-electron chi connectivity index (χ3n) is 4.96. The number of rotatable bonds is 8. The Morgan fingerprint density at radius 3 is 2.77 bits per heavy atom. The number of anilines is 1. The van der Waals surface area contributed by atoms with Gasteiger partial charge in [0.2, 0.25) is 11.8 Å². The maximum atomic E-state index is 12.7. The van der Waals surface area contributed by atoms with Crippen LogP contribution < -0.4 is 11.1 Å². The zero-order chi connectivity index (χ0) is 21.8. The zero-order valence-electron chi connectivity index (χ0n) is 17.0. The lowest BCUT2D eigenvalue weighted by molar-refractivity contribution is -0.115. The summed E-state index contributed by atoms with van der Waals surface area (Å²) in [5.41, 5.74) is 6.25. The number of primary amides is 1. The maximum absolute atomic E-state index is 12.7. The second-order valence-corrected chi connectivity index (χ2v) is 9.48. The Hall–Kier alpha value is -2.69. The number of hydrogen-bond acceptors (Lipinski definition) is 7. The molecule has 0 bridgehead atoms. The largest absolute Gasteiger partial charge is 0.376 e. The molecule has 10 heteroatoms. The smallest absolute Gasteiger partial charge is 0.248 e. The topological polar surface area (TPSA) is 112 Å². The van der Waals surface area contributed by atoms with Gasteiger partial charge in [-0.05, 0) is 55.5 Å². The molecule has 3 aromatic rings. The van der Waals surface area contributed by atoms with Gasteiger partial charge in [-0.1, -0.05) is 17.8 Å². The molecule has 0 unspecified atom stereocenters. The molecule has 1 aromatic carbocycles. The van der Waals surface area contributed by atoms with Gasteiger partial charge in [0.1, 0.15) is 0 Å². The summed E-state index contributed by atoms with van der Waals surface area (Å²) in [6, 6.07) is 10.5. The minimum Gasteiger partial charge on any atom is -0.376 e. The first-order chi connectivity index (χ1) is 15.0. The van der Waals surface area contributed by atoms with Gasteiger partial charge in [-0.15, -0.1) is 21.5 Å². The Balaban J connectivity index is 1.48. The summed E-state index contributed by atoms with van der Waals surface area (Å²) in [6.45, 7) is 3.26. The van der Waals surface area contributed by atoms with Crippen LogP contribution in [0.5, 0.6) is 0 Å². The van der Waals surface area contributed by atoms with Crippen LogP contribution in [0.3, 0.4) is 0 Å². The molecule has 1 aliphatic rings. The highest BCUT2D eigenvalue weighted by Gasteiger charge is 2.25. The lowest BCUT2D eigenvalue weighted by Crippen LogP contribution is -2.23. The van der Waals surface area contributed by atoms with Crippen molar-refractivity contribution in [3.8, 4) is 10.7 Å². The summed E-state index contributed by atoms with van der Waals surface area (Å²) in [4.78, 5) is 25.0. The molecule has 0 spiro atoms. The SMILES string of the molecule is C[C@@H](Sc1nnc(-c2cccs2)n1C[C@@H]1CCCO1)C(=O)Nc1ccc(C(N)=O)cc1. The number of benzene rings is 1. The highest BCUT2D eigenvalue weighted by molar-refractivity contribution is 8.00. The Kier molecular flexibility index (Phi) is 6.69. The third kappa shape index (κ3) is 5.15. The van der Waals surface area contributed by atoms with Crippen LogP contribution in [-0.2, 0) is 16.1 Å². The van der Waals surface area contributed by atoms with Gasteiger partial charge in [-0.2, -0.15) is 0 Å². The van der Waals surface area contributed by atoms with Crippen LogP contribution in [0.1, 0.15) is 30.1 Å². The number of carbonyl (C=O) groups excluding carboxylic acids is 2. The van der Waals surface area contributed by atoms with Crippen LogP contribution in [0.4, 0.5) is 5.69 Å². The van der Waals surface area contributed by atoms with E-state index in [1.807, 2.05) is 24.4 Å². The molecule has 0 saturated carbocycles. The Morgan fingerprint density at radius 2 is 2.13 bits per heavy atom. The Labute approximate surface area is 188 Å². The van der Waals surface area contributed by atoms with E-state index in [0.29, 0.717) is 23.0 Å². The highest BCUT2D eigenvalue weighted by atomic mass is 32.2. The number of carbonyl (C=O) groups is 2. The van der Waals surface area contributed by atoms with Crippen molar-refractivity contribution in [2.45, 2.75) is 42.8 Å². The van der Waals surface area contributed by atoms with Crippen molar-refractivity contribution in [3.63, 3.8) is 0 Å². The molecule has 0 aliphatic carbocycles. The molecule has 3 heterocycles. The second kappa shape index (κ2) is 9.63. The molecule has 1 saturated heterocycles. The molecule has 4 rings (SSSR count). The van der Waals surface area contributed by atoms with E-state index in [2.05, 4.69) is 20.1 Å². The number of thiophene rings is 1. The van der Waals surface area contributed by atoms with Crippen molar-refractivity contribution in [2.24, 2.45) is 5.73 Å². The van der Waals surface area contributed by atoms with Gasteiger partial charge < -0.3 is 15.8 Å². The minimum absolute atomic E-state index is 0.127. The first-order valence-corrected chi connectivity index (χ1v) is 11.7. The zero-order valence-corrected chi connectivity index (χ0v) is 18.6. The summed E-state index contributed by atoms with van der Waals surface area (Å²) in [5, 5.41) is 13.9. The van der Waals surface area contributed by atoms with Crippen molar-refractivity contribution in [3.05, 3.63) is 47.3 Å². The lowest BCUT2D eigenvalue weighted by Gasteiger charge is -2.16. The maximum Gasteiger partial charge on any atom is 0.248 e. The number of ether oxygens (including phenoxy) is 1. The second-order valence-electron chi connectivity index (χ2n) is 7.22. The molecule has 2 amide bonds. The van der Waals surface area contributed by atoms with Gasteiger partial charge in [0.15, 0.2) is 11.0 Å². The van der Waals surface area contributed by atoms with E-state index in [1.165, 1.54) is 11.8 Å². The predicted octanol–water partition coefficient (Wildman–Crippen LogP) is 3.40. The summed E-state index contributed by atoms with van der Waals surface area (Å²) < 4.78 is 7.87. The van der Waals surface area contributed by atoms with Crippen LogP contribution in [0, 0.1) is 0 Å². The van der Waals surface area contributed by atoms with Gasteiger partial charge in [0, 0.05) is 17.9 Å². The lowest BCUT2D eigenvalue weighted by atomic mass is 10.2. The van der Waals surface area contributed by atoms with E-state index in [1.54, 1.807) is 35.6 Å². The summed E-state index contributed by atoms with van der Waals surface area (Å²) in [6.07, 6.45) is 2.18. The van der Waals surface area contributed by atoms with Crippen molar-refractivity contribution in [2.75, 3.05) is 11.9 Å². The van der Waals surface area contributed by atoms with E-state index in [-0.39, 0.29) is 12.0 Å². The normalized spacial score (nSPS) is 16.9. The summed E-state index contributed by atoms with van der Waals surface area (Å²) in [5.74, 6) is 0.123. The molecule has 3 N–H and O–H groups in total. The molecule has 0 radical (unpaired) electrons. The predicted molar refractivity (Wildman–Crippen MR) is 121 cm³/mol. The molecule has 162 valence electrons. The molecular formula is C21H23N5O3S2. The van der Waals surface area contributed by atoms with E-state index < -0.39 is 11.2 Å². The average Bonchev–Trinajstić information content (AvgIpc) is 3.52. The minimum atomic E-state index is -0.506. The number of nitrogens with zero attached hydrogens (tertiary/aromatic N) is 3. The Bertz CT molecular complexity index is 1040. The number of amides is 2. The van der Waals surface area contributed by atoms with E-state index in [0.717, 1.165) is 30.2 Å². The number of nitrogens with one attached hydrogen (secondary N) is 1. The average molecular weight is 458 g/mol. The quantitative estimate of drug-likeness (QED) is 0.502. The summed E-state index contributed by atoms with van der Waals surface area (Å²) in [7, 11) is 0. The van der Waals surface area contributed by atoms with E-state index in [9.17, 15) is 9.59 Å². The van der Waals surface area contributed by atoms with Crippen LogP contribution in [0.2, 0.25) is 0 Å². The van der Waals surface area contributed by atoms with Crippen molar-refractivity contribution >= 4 is 40.6 Å². The van der Waals surface area contributed by atoms with Crippen molar-refractivity contribution < 1.29 is 14.3 Å². The number of nitrogens with two attached hydrogens (primary N) is 1. The van der Waals surface area contributed by atoms with Crippen LogP contribution in [0.15, 0.2) is 46.9 Å². The fourth-order valence-electron chi connectivity index (χ4n) is 3.29. The van der Waals surface area contributed by atoms with Crippen LogP contribution in [0.25, 0.3) is 10.7 Å². The molecule has 2 atom stereocenters. The number of aromatic nitrogens is 3. The molecule has 1 fully saturated rings. The van der Waals surface area contributed by atoms with Crippen LogP contribution >= 0.6 is 23.1 Å². The van der Waals surface area contributed by atoms with Gasteiger partial charge in [0.05, 0.1) is 22.8 Å². The standard InChI is InChI=1S/C21H23N5O3S2/c1-13(20(28)23-15-8-6-14(7-9-15)18(22)27)31-21-25-24-19(17-5-3-11-30-17)26(21)12-16-4-2-10-29-16/h3,5-9,11,13,16H,2,4,10,12H2,1H3,(H2,22,27)(H,23,28)/t13-,16+/m1/s1. The monoisotopic (exact) mass is 457 g/mol. The van der Waals surface area contributed by atoms with Crippen molar-refractivity contribution in [1.82, 2.24) is 14.8 Å². The molecular weight excluding hydrogens is 434 g/mol. The molecule has 2 aromatic heterocycles. The number of hydrogen-bond donors (Lipinski definition) is 2. The first kappa shape index (κ1) is 21.5. The van der Waals surface area contributed by atoms with E-state index >= 15 is 0 Å². The molecule has 8 nitrogen and oxygen atoms in total. The van der Waals surface area contributed by atoms with E-state index in [4.69, 9.17) is 10.5 Å². The fraction of sp³-hybridized carbons (Fsp3) is 0.333. The van der Waals surface area contributed by atoms with Gasteiger partial charge >= 0.3 is 0 Å².